The van der Waals surface area contributed by atoms with E-state index in [0.717, 1.165) is 25.6 Å². The fourth-order valence-electron chi connectivity index (χ4n) is 3.25. The number of guanidine groups is 1. The summed E-state index contributed by atoms with van der Waals surface area (Å²) in [6.07, 6.45) is 6.62. The largest absolute Gasteiger partial charge is 0.357 e. The maximum absolute atomic E-state index is 4.87. The highest BCUT2D eigenvalue weighted by molar-refractivity contribution is 7.99. The van der Waals surface area contributed by atoms with E-state index in [4.69, 9.17) is 4.99 Å². The first-order valence-corrected chi connectivity index (χ1v) is 9.85. The van der Waals surface area contributed by atoms with Crippen LogP contribution in [-0.4, -0.2) is 60.6 Å². The Morgan fingerprint density at radius 2 is 2.14 bits per heavy atom. The van der Waals surface area contributed by atoms with Crippen molar-refractivity contribution >= 4 is 17.7 Å². The van der Waals surface area contributed by atoms with Crippen LogP contribution in [0.3, 0.4) is 0 Å². The number of thioether (sulfide) groups is 1. The van der Waals surface area contributed by atoms with E-state index >= 15 is 0 Å². The van der Waals surface area contributed by atoms with Crippen LogP contribution in [0.5, 0.6) is 0 Å². The molecule has 0 aromatic rings. The number of nitrogens with zero attached hydrogens (tertiary/aromatic N) is 2. The second-order valence-electron chi connectivity index (χ2n) is 6.06. The number of likely N-dealkylation sites (tertiary alicyclic amines) is 1. The molecular weight excluding hydrogens is 280 g/mol. The normalized spacial score (nSPS) is 28.4. The molecule has 0 amide bonds. The molecule has 5 heteroatoms. The quantitative estimate of drug-likeness (QED) is 0.604. The summed E-state index contributed by atoms with van der Waals surface area (Å²) in [5.41, 5.74) is 0. The molecule has 0 aromatic carbocycles. The van der Waals surface area contributed by atoms with Gasteiger partial charge in [0.1, 0.15) is 0 Å². The van der Waals surface area contributed by atoms with Crippen molar-refractivity contribution < 1.29 is 0 Å². The Bertz CT molecular complexity index is 315. The zero-order valence-electron chi connectivity index (χ0n) is 13.7. The van der Waals surface area contributed by atoms with Crippen molar-refractivity contribution in [3.8, 4) is 0 Å². The van der Waals surface area contributed by atoms with E-state index in [-0.39, 0.29) is 0 Å². The van der Waals surface area contributed by atoms with Gasteiger partial charge in [-0.05, 0) is 51.4 Å². The predicted octanol–water partition coefficient (Wildman–Crippen LogP) is 2.31. The molecule has 122 valence electrons. The number of hydrogen-bond donors (Lipinski definition) is 2. The molecule has 2 unspecified atom stereocenters. The molecule has 0 bridgehead atoms. The van der Waals surface area contributed by atoms with Crippen LogP contribution < -0.4 is 10.6 Å². The maximum atomic E-state index is 4.87. The Labute approximate surface area is 134 Å². The third-order valence-corrected chi connectivity index (χ3v) is 5.68. The van der Waals surface area contributed by atoms with E-state index in [1.165, 1.54) is 50.2 Å². The molecule has 2 saturated heterocycles. The second kappa shape index (κ2) is 9.57. The first kappa shape index (κ1) is 16.9. The number of rotatable bonds is 5. The van der Waals surface area contributed by atoms with Crippen molar-refractivity contribution in [1.82, 2.24) is 15.5 Å². The van der Waals surface area contributed by atoms with E-state index in [1.54, 1.807) is 0 Å². The van der Waals surface area contributed by atoms with Crippen LogP contribution in [-0.2, 0) is 0 Å². The zero-order chi connectivity index (χ0) is 14.9. The van der Waals surface area contributed by atoms with E-state index < -0.39 is 0 Å². The van der Waals surface area contributed by atoms with Crippen molar-refractivity contribution in [3.05, 3.63) is 0 Å². The van der Waals surface area contributed by atoms with Gasteiger partial charge in [-0.1, -0.05) is 13.3 Å². The molecule has 2 heterocycles. The van der Waals surface area contributed by atoms with Gasteiger partial charge in [-0.2, -0.15) is 11.8 Å². The minimum Gasteiger partial charge on any atom is -0.357 e. The molecule has 0 radical (unpaired) electrons. The van der Waals surface area contributed by atoms with Crippen LogP contribution in [0.1, 0.15) is 46.0 Å². The van der Waals surface area contributed by atoms with Gasteiger partial charge in [0.25, 0.3) is 0 Å². The third kappa shape index (κ3) is 5.70. The lowest BCUT2D eigenvalue weighted by Crippen LogP contribution is -2.47. The van der Waals surface area contributed by atoms with Crippen molar-refractivity contribution in [2.75, 3.05) is 37.7 Å². The number of nitrogens with one attached hydrogen (secondary N) is 2. The molecule has 0 aromatic heterocycles. The molecule has 21 heavy (non-hydrogen) atoms. The highest BCUT2D eigenvalue weighted by Crippen LogP contribution is 2.18. The summed E-state index contributed by atoms with van der Waals surface area (Å²) in [5.74, 6) is 3.56. The van der Waals surface area contributed by atoms with Gasteiger partial charge in [0.05, 0.1) is 6.54 Å². The number of hydrogen-bond acceptors (Lipinski definition) is 3. The SMILES string of the molecule is CCNC(=NCC1CCCCN1CC)NC1CCCSC1. The highest BCUT2D eigenvalue weighted by atomic mass is 32.2. The lowest BCUT2D eigenvalue weighted by molar-refractivity contribution is 0.161. The summed E-state index contributed by atoms with van der Waals surface area (Å²) in [4.78, 5) is 7.46. The smallest absolute Gasteiger partial charge is 0.191 e. The molecule has 2 aliphatic rings. The number of piperidine rings is 1. The van der Waals surface area contributed by atoms with E-state index in [0.29, 0.717) is 12.1 Å². The number of likely N-dealkylation sites (N-methyl/N-ethyl adjacent to an activating group) is 1. The summed E-state index contributed by atoms with van der Waals surface area (Å²) >= 11 is 2.06. The predicted molar refractivity (Wildman–Crippen MR) is 94.3 cm³/mol. The lowest BCUT2D eigenvalue weighted by atomic mass is 10.0. The van der Waals surface area contributed by atoms with Gasteiger partial charge in [-0.25, -0.2) is 0 Å². The van der Waals surface area contributed by atoms with Crippen molar-refractivity contribution in [1.29, 1.82) is 0 Å². The monoisotopic (exact) mass is 312 g/mol. The molecule has 0 aliphatic carbocycles. The molecule has 2 fully saturated rings. The van der Waals surface area contributed by atoms with Crippen LogP contribution in [0.4, 0.5) is 0 Å². The Hall–Kier alpha value is -0.420. The summed E-state index contributed by atoms with van der Waals surface area (Å²) < 4.78 is 0. The van der Waals surface area contributed by atoms with Crippen LogP contribution in [0.25, 0.3) is 0 Å². The van der Waals surface area contributed by atoms with Crippen molar-refractivity contribution in [2.24, 2.45) is 4.99 Å². The van der Waals surface area contributed by atoms with Crippen molar-refractivity contribution in [2.45, 2.75) is 58.0 Å². The third-order valence-electron chi connectivity index (χ3n) is 4.46. The van der Waals surface area contributed by atoms with Gasteiger partial charge >= 0.3 is 0 Å². The van der Waals surface area contributed by atoms with Crippen LogP contribution >= 0.6 is 11.8 Å². The van der Waals surface area contributed by atoms with Crippen LogP contribution in [0.15, 0.2) is 4.99 Å². The fraction of sp³-hybridized carbons (Fsp3) is 0.938. The Morgan fingerprint density at radius 3 is 2.86 bits per heavy atom. The van der Waals surface area contributed by atoms with E-state index in [1.807, 2.05) is 0 Å². The maximum Gasteiger partial charge on any atom is 0.191 e. The van der Waals surface area contributed by atoms with Gasteiger partial charge < -0.3 is 10.6 Å². The van der Waals surface area contributed by atoms with Crippen LogP contribution in [0, 0.1) is 0 Å². The average molecular weight is 313 g/mol. The summed E-state index contributed by atoms with van der Waals surface area (Å²) in [5, 5.41) is 7.04. The minimum atomic E-state index is 0.593. The summed E-state index contributed by atoms with van der Waals surface area (Å²) in [6, 6.07) is 1.23. The minimum absolute atomic E-state index is 0.593. The zero-order valence-corrected chi connectivity index (χ0v) is 14.6. The molecule has 4 nitrogen and oxygen atoms in total. The molecule has 2 atom stereocenters. The Morgan fingerprint density at radius 1 is 1.24 bits per heavy atom. The topological polar surface area (TPSA) is 39.7 Å². The molecule has 2 N–H and O–H groups in total. The van der Waals surface area contributed by atoms with Gasteiger partial charge in [0.15, 0.2) is 5.96 Å². The standard InChI is InChI=1S/C16H32N4S/c1-3-17-16(19-14-8-7-11-21-13-14)18-12-15-9-5-6-10-20(15)4-2/h14-15H,3-13H2,1-2H3,(H2,17,18,19). The molecule has 0 saturated carbocycles. The average Bonchev–Trinajstić information content (AvgIpc) is 2.54. The van der Waals surface area contributed by atoms with E-state index in [2.05, 4.69) is 41.1 Å². The van der Waals surface area contributed by atoms with Gasteiger partial charge in [-0.15, -0.1) is 0 Å². The summed E-state index contributed by atoms with van der Waals surface area (Å²) in [7, 11) is 0. The molecule has 2 aliphatic heterocycles. The summed E-state index contributed by atoms with van der Waals surface area (Å²) in [6.45, 7) is 8.69. The Kier molecular flexibility index (Phi) is 7.72. The van der Waals surface area contributed by atoms with Gasteiger partial charge in [-0.3, -0.25) is 9.89 Å². The first-order chi connectivity index (χ1) is 10.3. The second-order valence-corrected chi connectivity index (χ2v) is 7.21. The molecule has 0 spiro atoms. The molecular formula is C16H32N4S. The fourth-order valence-corrected chi connectivity index (χ4v) is 4.32. The van der Waals surface area contributed by atoms with E-state index in [9.17, 15) is 0 Å². The van der Waals surface area contributed by atoms with Gasteiger partial charge in [0, 0.05) is 24.4 Å². The number of aliphatic imine (C=N–C) groups is 1. The molecule has 2 rings (SSSR count). The van der Waals surface area contributed by atoms with Gasteiger partial charge in [0.2, 0.25) is 0 Å². The lowest BCUT2D eigenvalue weighted by Gasteiger charge is -2.34. The Balaban J connectivity index is 1.86. The first-order valence-electron chi connectivity index (χ1n) is 8.70. The van der Waals surface area contributed by atoms with Crippen LogP contribution in [0.2, 0.25) is 0 Å². The highest BCUT2D eigenvalue weighted by Gasteiger charge is 2.21. The van der Waals surface area contributed by atoms with Crippen molar-refractivity contribution in [3.63, 3.8) is 0 Å².